The smallest absolute Gasteiger partial charge is 0.352 e. The van der Waals surface area contributed by atoms with Crippen LogP contribution in [0.5, 0.6) is 0 Å². The number of aromatic carboxylic acids is 1. The van der Waals surface area contributed by atoms with Crippen LogP contribution >= 0.6 is 0 Å². The van der Waals surface area contributed by atoms with Crippen LogP contribution in [0.2, 0.25) is 0 Å². The summed E-state index contributed by atoms with van der Waals surface area (Å²) in [4.78, 5) is 10.8. The second kappa shape index (κ2) is 2.64. The first-order valence-electron chi connectivity index (χ1n) is 4.31. The Kier molecular flexibility index (Phi) is 1.67. The first-order valence-corrected chi connectivity index (χ1v) is 4.31. The van der Waals surface area contributed by atoms with E-state index in [2.05, 4.69) is 0 Å². The molecule has 0 amide bonds. The predicted molar refractivity (Wildman–Crippen MR) is 51.6 cm³/mol. The summed E-state index contributed by atoms with van der Waals surface area (Å²) in [6, 6.07) is 1.55. The van der Waals surface area contributed by atoms with Gasteiger partial charge in [0.1, 0.15) is 11.5 Å². The van der Waals surface area contributed by atoms with E-state index in [1.165, 1.54) is 0 Å². The lowest BCUT2D eigenvalue weighted by Crippen LogP contribution is -2.04. The predicted octanol–water partition coefficient (Wildman–Crippen LogP) is 2.09. The van der Waals surface area contributed by atoms with Crippen molar-refractivity contribution in [3.05, 3.63) is 23.1 Å². The van der Waals surface area contributed by atoms with Crippen LogP contribution in [0.3, 0.4) is 0 Å². The zero-order chi connectivity index (χ0) is 10.5. The van der Waals surface area contributed by atoms with Crippen LogP contribution in [0.1, 0.15) is 21.8 Å². The number of carboxylic acids is 1. The quantitative estimate of drug-likeness (QED) is 0.754. The molecule has 0 atom stereocenters. The molecule has 1 N–H and O–H groups in total. The van der Waals surface area contributed by atoms with Crippen LogP contribution in [0, 0.1) is 13.8 Å². The molecule has 0 spiro atoms. The molecule has 0 bridgehead atoms. The molecule has 0 aromatic carbocycles. The Morgan fingerprint density at radius 2 is 2.14 bits per heavy atom. The minimum Gasteiger partial charge on any atom is -0.477 e. The van der Waals surface area contributed by atoms with Crippen molar-refractivity contribution in [1.29, 1.82) is 0 Å². The fourth-order valence-electron chi connectivity index (χ4n) is 1.70. The summed E-state index contributed by atoms with van der Waals surface area (Å²) in [6.07, 6.45) is 0. The summed E-state index contributed by atoms with van der Waals surface area (Å²) in [5, 5.41) is 8.88. The molecule has 0 fully saturated rings. The molecule has 4 heteroatoms. The van der Waals surface area contributed by atoms with Crippen LogP contribution in [-0.4, -0.2) is 15.6 Å². The first-order chi connectivity index (χ1) is 6.52. The Morgan fingerprint density at radius 3 is 2.64 bits per heavy atom. The van der Waals surface area contributed by atoms with E-state index in [1.54, 1.807) is 17.7 Å². The van der Waals surface area contributed by atoms with Gasteiger partial charge < -0.3 is 14.1 Å². The van der Waals surface area contributed by atoms with Crippen molar-refractivity contribution in [3.63, 3.8) is 0 Å². The molecule has 0 saturated heterocycles. The van der Waals surface area contributed by atoms with Crippen molar-refractivity contribution < 1.29 is 14.3 Å². The lowest BCUT2D eigenvalue weighted by Gasteiger charge is -1.98. The van der Waals surface area contributed by atoms with E-state index in [0.717, 1.165) is 16.8 Å². The zero-order valence-electron chi connectivity index (χ0n) is 8.29. The number of carboxylic acid groups (broad SMARTS) is 1. The number of aromatic nitrogens is 1. The third-order valence-electron chi connectivity index (χ3n) is 2.56. The molecule has 0 radical (unpaired) electrons. The highest BCUT2D eigenvalue weighted by Crippen LogP contribution is 2.27. The van der Waals surface area contributed by atoms with Crippen molar-refractivity contribution >= 4 is 17.1 Å². The van der Waals surface area contributed by atoms with Crippen molar-refractivity contribution in [2.75, 3.05) is 0 Å². The van der Waals surface area contributed by atoms with Crippen LogP contribution in [0.4, 0.5) is 0 Å². The number of aryl methyl sites for hydroxylation is 3. The van der Waals surface area contributed by atoms with Gasteiger partial charge >= 0.3 is 5.97 Å². The first kappa shape index (κ1) is 8.87. The molecule has 0 aliphatic rings. The highest BCUT2D eigenvalue weighted by Gasteiger charge is 2.17. The van der Waals surface area contributed by atoms with E-state index in [0.29, 0.717) is 5.58 Å². The van der Waals surface area contributed by atoms with Crippen LogP contribution in [-0.2, 0) is 7.05 Å². The van der Waals surface area contributed by atoms with Gasteiger partial charge in [0.2, 0.25) is 0 Å². The van der Waals surface area contributed by atoms with Gasteiger partial charge in [0.25, 0.3) is 0 Å². The molecular weight excluding hydrogens is 182 g/mol. The van der Waals surface area contributed by atoms with Crippen molar-refractivity contribution in [2.45, 2.75) is 13.8 Å². The Bertz CT molecular complexity index is 519. The second-order valence-corrected chi connectivity index (χ2v) is 3.39. The van der Waals surface area contributed by atoms with Crippen molar-refractivity contribution in [3.8, 4) is 0 Å². The minimum absolute atomic E-state index is 0.252. The normalized spacial score (nSPS) is 11.1. The third-order valence-corrected chi connectivity index (χ3v) is 2.56. The summed E-state index contributed by atoms with van der Waals surface area (Å²) in [7, 11) is 1.73. The van der Waals surface area contributed by atoms with Gasteiger partial charge in [0.05, 0.1) is 5.52 Å². The molecule has 4 nitrogen and oxygen atoms in total. The topological polar surface area (TPSA) is 55.4 Å². The van der Waals surface area contributed by atoms with Crippen molar-refractivity contribution in [2.24, 2.45) is 7.05 Å². The Labute approximate surface area is 80.7 Å². The van der Waals surface area contributed by atoms with E-state index in [9.17, 15) is 4.79 Å². The molecule has 14 heavy (non-hydrogen) atoms. The molecule has 2 heterocycles. The van der Waals surface area contributed by atoms with E-state index < -0.39 is 5.97 Å². The van der Waals surface area contributed by atoms with E-state index in [1.807, 2.05) is 13.8 Å². The van der Waals surface area contributed by atoms with Gasteiger partial charge in [-0.2, -0.15) is 0 Å². The molecular formula is C10H11NO3. The maximum absolute atomic E-state index is 10.8. The van der Waals surface area contributed by atoms with Gasteiger partial charge in [-0.15, -0.1) is 0 Å². The SMILES string of the molecule is Cc1oc2cc(C(=O)O)n(C)c2c1C. The fourth-order valence-corrected chi connectivity index (χ4v) is 1.70. The number of nitrogens with zero attached hydrogens (tertiary/aromatic N) is 1. The second-order valence-electron chi connectivity index (χ2n) is 3.39. The number of rotatable bonds is 1. The van der Waals surface area contributed by atoms with E-state index >= 15 is 0 Å². The summed E-state index contributed by atoms with van der Waals surface area (Å²) in [5.74, 6) is -0.0986. The number of fused-ring (bicyclic) bond motifs is 1. The van der Waals surface area contributed by atoms with Gasteiger partial charge in [-0.25, -0.2) is 4.79 Å². The number of carbonyl (C=O) groups is 1. The summed E-state index contributed by atoms with van der Waals surface area (Å²) in [6.45, 7) is 3.79. The van der Waals surface area contributed by atoms with Crippen LogP contribution in [0.25, 0.3) is 11.1 Å². The van der Waals surface area contributed by atoms with Gasteiger partial charge in [0, 0.05) is 18.7 Å². The molecule has 0 aliphatic carbocycles. The van der Waals surface area contributed by atoms with Crippen molar-refractivity contribution in [1.82, 2.24) is 4.57 Å². The lowest BCUT2D eigenvalue weighted by molar-refractivity contribution is 0.0687. The van der Waals surface area contributed by atoms with Gasteiger partial charge in [0.15, 0.2) is 5.58 Å². The minimum atomic E-state index is -0.934. The summed E-state index contributed by atoms with van der Waals surface area (Å²) < 4.78 is 7.07. The summed E-state index contributed by atoms with van der Waals surface area (Å²) in [5.41, 5.74) is 2.75. The number of furan rings is 1. The molecule has 74 valence electrons. The Hall–Kier alpha value is -1.71. The molecule has 0 saturated carbocycles. The molecule has 0 aliphatic heterocycles. The molecule has 2 aromatic heterocycles. The average molecular weight is 193 g/mol. The maximum Gasteiger partial charge on any atom is 0.352 e. The van der Waals surface area contributed by atoms with Crippen LogP contribution in [0.15, 0.2) is 10.5 Å². The Morgan fingerprint density at radius 1 is 1.50 bits per heavy atom. The molecule has 0 unspecified atom stereocenters. The largest absolute Gasteiger partial charge is 0.477 e. The fraction of sp³-hybridized carbons (Fsp3) is 0.300. The lowest BCUT2D eigenvalue weighted by atomic mass is 10.3. The maximum atomic E-state index is 10.8. The molecule has 2 rings (SSSR count). The summed E-state index contributed by atoms with van der Waals surface area (Å²) >= 11 is 0. The zero-order valence-corrected chi connectivity index (χ0v) is 8.29. The molecule has 2 aromatic rings. The van der Waals surface area contributed by atoms with E-state index in [-0.39, 0.29) is 5.69 Å². The third kappa shape index (κ3) is 0.968. The monoisotopic (exact) mass is 193 g/mol. The highest BCUT2D eigenvalue weighted by atomic mass is 16.4. The highest BCUT2D eigenvalue weighted by molar-refractivity contribution is 5.93. The van der Waals surface area contributed by atoms with E-state index in [4.69, 9.17) is 9.52 Å². The average Bonchev–Trinajstić information content (AvgIpc) is 2.54. The Balaban J connectivity index is 2.84. The number of hydrogen-bond acceptors (Lipinski definition) is 2. The van der Waals surface area contributed by atoms with Crippen LogP contribution < -0.4 is 0 Å². The van der Waals surface area contributed by atoms with Gasteiger partial charge in [-0.1, -0.05) is 0 Å². The standard InChI is InChI=1S/C10H11NO3/c1-5-6(2)14-8-4-7(10(12)13)11(3)9(5)8/h4H,1-3H3,(H,12,13). The van der Waals surface area contributed by atoms with Gasteiger partial charge in [-0.3, -0.25) is 0 Å². The number of hydrogen-bond donors (Lipinski definition) is 1. The van der Waals surface area contributed by atoms with Gasteiger partial charge in [-0.05, 0) is 13.8 Å².